The van der Waals surface area contributed by atoms with Gasteiger partial charge in [0.05, 0.1) is 7.11 Å². The van der Waals surface area contributed by atoms with Crippen molar-refractivity contribution in [2.75, 3.05) is 17.7 Å². The third kappa shape index (κ3) is 4.59. The van der Waals surface area contributed by atoms with Crippen LogP contribution in [0.3, 0.4) is 0 Å². The molecule has 0 spiro atoms. The summed E-state index contributed by atoms with van der Waals surface area (Å²) in [6, 6.07) is 13.4. The third-order valence-electron chi connectivity index (χ3n) is 4.31. The zero-order chi connectivity index (χ0) is 17.6. The number of anilines is 2. The first-order valence-corrected chi connectivity index (χ1v) is 8.49. The smallest absolute Gasteiger partial charge is 0.224 e. The first-order chi connectivity index (χ1) is 12.1. The maximum Gasteiger partial charge on any atom is 0.224 e. The summed E-state index contributed by atoms with van der Waals surface area (Å²) in [6.45, 7) is 0. The van der Waals surface area contributed by atoms with Crippen molar-refractivity contribution in [2.24, 2.45) is 0 Å². The molecule has 0 unspecified atom stereocenters. The van der Waals surface area contributed by atoms with E-state index < -0.39 is 0 Å². The lowest BCUT2D eigenvalue weighted by Gasteiger charge is -2.11. The maximum absolute atomic E-state index is 12.2. The molecule has 0 saturated carbocycles. The van der Waals surface area contributed by atoms with Crippen molar-refractivity contribution in [3.63, 3.8) is 0 Å². The minimum Gasteiger partial charge on any atom is -0.497 e. The molecule has 2 N–H and O–H groups in total. The van der Waals surface area contributed by atoms with Crippen molar-refractivity contribution >= 4 is 23.2 Å². The highest BCUT2D eigenvalue weighted by atomic mass is 16.5. The van der Waals surface area contributed by atoms with E-state index in [4.69, 9.17) is 4.74 Å². The molecule has 1 aliphatic rings. The van der Waals surface area contributed by atoms with Crippen LogP contribution in [0.15, 0.2) is 42.5 Å². The van der Waals surface area contributed by atoms with Gasteiger partial charge in [0, 0.05) is 24.2 Å². The molecule has 0 fully saturated rings. The molecule has 0 bridgehead atoms. The summed E-state index contributed by atoms with van der Waals surface area (Å²) in [5, 5.41) is 5.84. The quantitative estimate of drug-likeness (QED) is 0.876. The van der Waals surface area contributed by atoms with Gasteiger partial charge in [-0.2, -0.15) is 0 Å². The Hall–Kier alpha value is -2.82. The summed E-state index contributed by atoms with van der Waals surface area (Å²) in [5.74, 6) is 0.841. The van der Waals surface area contributed by atoms with Crippen LogP contribution in [0, 0.1) is 0 Å². The molecule has 130 valence electrons. The molecule has 2 aromatic rings. The maximum atomic E-state index is 12.2. The van der Waals surface area contributed by atoms with Crippen LogP contribution in [0.25, 0.3) is 0 Å². The van der Waals surface area contributed by atoms with E-state index in [2.05, 4.69) is 10.6 Å². The number of ether oxygens (including phenoxy) is 1. The van der Waals surface area contributed by atoms with E-state index in [1.54, 1.807) is 7.11 Å². The number of amides is 2. The number of benzene rings is 2. The van der Waals surface area contributed by atoms with Crippen LogP contribution in [-0.4, -0.2) is 18.9 Å². The van der Waals surface area contributed by atoms with Gasteiger partial charge in [0.2, 0.25) is 11.8 Å². The number of nitrogens with one attached hydrogen (secondary N) is 2. The minimum absolute atomic E-state index is 0.0200. The SMILES string of the molecule is COc1ccc(CCC(=O)Nc2ccc3c(c2)CCCC(=O)N3)cc1. The van der Waals surface area contributed by atoms with E-state index in [-0.39, 0.29) is 11.8 Å². The second-order valence-corrected chi connectivity index (χ2v) is 6.17. The predicted molar refractivity (Wildman–Crippen MR) is 98.0 cm³/mol. The summed E-state index contributed by atoms with van der Waals surface area (Å²) >= 11 is 0. The molecule has 5 nitrogen and oxygen atoms in total. The molecule has 2 amide bonds. The zero-order valence-electron chi connectivity index (χ0n) is 14.3. The Kier molecular flexibility index (Phi) is 5.33. The first-order valence-electron chi connectivity index (χ1n) is 8.49. The molecule has 5 heteroatoms. The van der Waals surface area contributed by atoms with E-state index in [0.29, 0.717) is 19.3 Å². The van der Waals surface area contributed by atoms with E-state index >= 15 is 0 Å². The third-order valence-corrected chi connectivity index (χ3v) is 4.31. The number of methoxy groups -OCH3 is 1. The summed E-state index contributed by atoms with van der Waals surface area (Å²) in [5.41, 5.74) is 3.78. The van der Waals surface area contributed by atoms with Gasteiger partial charge in [0.25, 0.3) is 0 Å². The molecule has 1 aliphatic heterocycles. The number of hydrogen-bond acceptors (Lipinski definition) is 3. The van der Waals surface area contributed by atoms with Crippen LogP contribution in [0.2, 0.25) is 0 Å². The van der Waals surface area contributed by atoms with Crippen LogP contribution < -0.4 is 15.4 Å². The largest absolute Gasteiger partial charge is 0.497 e. The molecule has 2 aromatic carbocycles. The number of hydrogen-bond donors (Lipinski definition) is 2. The van der Waals surface area contributed by atoms with Crippen molar-refractivity contribution in [1.82, 2.24) is 0 Å². The second-order valence-electron chi connectivity index (χ2n) is 6.17. The zero-order valence-corrected chi connectivity index (χ0v) is 14.3. The van der Waals surface area contributed by atoms with Gasteiger partial charge in [-0.05, 0) is 60.7 Å². The Balaban J connectivity index is 1.57. The Morgan fingerprint density at radius 3 is 2.72 bits per heavy atom. The highest BCUT2D eigenvalue weighted by Gasteiger charge is 2.13. The lowest BCUT2D eigenvalue weighted by Crippen LogP contribution is -2.13. The first kappa shape index (κ1) is 17.0. The summed E-state index contributed by atoms with van der Waals surface area (Å²) in [7, 11) is 1.63. The van der Waals surface area contributed by atoms with Gasteiger partial charge in [-0.25, -0.2) is 0 Å². The van der Waals surface area contributed by atoms with Crippen LogP contribution >= 0.6 is 0 Å². The van der Waals surface area contributed by atoms with Crippen LogP contribution in [0.4, 0.5) is 11.4 Å². The Morgan fingerprint density at radius 2 is 1.96 bits per heavy atom. The molecule has 25 heavy (non-hydrogen) atoms. The molecular weight excluding hydrogens is 316 g/mol. The second kappa shape index (κ2) is 7.83. The van der Waals surface area contributed by atoms with Gasteiger partial charge in [0.1, 0.15) is 5.75 Å². The van der Waals surface area contributed by atoms with Gasteiger partial charge in [-0.15, -0.1) is 0 Å². The molecule has 0 radical (unpaired) electrons. The lowest BCUT2D eigenvalue weighted by atomic mass is 10.1. The molecule has 1 heterocycles. The number of carbonyl (C=O) groups excluding carboxylic acids is 2. The van der Waals surface area contributed by atoms with Crippen molar-refractivity contribution < 1.29 is 14.3 Å². The van der Waals surface area contributed by atoms with Crippen molar-refractivity contribution in [1.29, 1.82) is 0 Å². The Morgan fingerprint density at radius 1 is 1.16 bits per heavy atom. The van der Waals surface area contributed by atoms with Crippen LogP contribution in [0.5, 0.6) is 5.75 Å². The number of aryl methyl sites for hydroxylation is 2. The summed E-state index contributed by atoms with van der Waals surface area (Å²) in [6.07, 6.45) is 3.30. The molecule has 0 atom stereocenters. The monoisotopic (exact) mass is 338 g/mol. The molecule has 3 rings (SSSR count). The van der Waals surface area contributed by atoms with Crippen molar-refractivity contribution in [3.8, 4) is 5.75 Å². The molecular formula is C20H22N2O3. The van der Waals surface area contributed by atoms with E-state index in [1.165, 1.54) is 0 Å². The van der Waals surface area contributed by atoms with E-state index in [1.807, 2.05) is 42.5 Å². The van der Waals surface area contributed by atoms with Gasteiger partial charge < -0.3 is 15.4 Å². The van der Waals surface area contributed by atoms with Crippen molar-refractivity contribution in [2.45, 2.75) is 32.1 Å². The molecule has 0 saturated heterocycles. The van der Waals surface area contributed by atoms with Gasteiger partial charge in [-0.1, -0.05) is 12.1 Å². The fraction of sp³-hybridized carbons (Fsp3) is 0.300. The summed E-state index contributed by atoms with van der Waals surface area (Å²) in [4.78, 5) is 23.8. The van der Waals surface area contributed by atoms with Gasteiger partial charge in [-0.3, -0.25) is 9.59 Å². The van der Waals surface area contributed by atoms with Crippen LogP contribution in [0.1, 0.15) is 30.4 Å². The van der Waals surface area contributed by atoms with Gasteiger partial charge >= 0.3 is 0 Å². The minimum atomic E-state index is -0.0200. The normalized spacial score (nSPS) is 13.4. The number of rotatable bonds is 5. The Bertz CT molecular complexity index is 769. The van der Waals surface area contributed by atoms with Gasteiger partial charge in [0.15, 0.2) is 0 Å². The number of carbonyl (C=O) groups is 2. The highest BCUT2D eigenvalue weighted by molar-refractivity contribution is 5.94. The standard InChI is InChI=1S/C20H22N2O3/c1-25-17-9-5-14(6-10-17)7-12-20(24)21-16-8-11-18-15(13-16)3-2-4-19(23)22-18/h5-6,8-11,13H,2-4,7,12H2,1H3,(H,21,24)(H,22,23). The summed E-state index contributed by atoms with van der Waals surface area (Å²) < 4.78 is 5.13. The lowest BCUT2D eigenvalue weighted by molar-refractivity contribution is -0.117. The molecule has 0 aromatic heterocycles. The fourth-order valence-electron chi connectivity index (χ4n) is 2.93. The van der Waals surface area contributed by atoms with E-state index in [0.717, 1.165) is 41.1 Å². The van der Waals surface area contributed by atoms with Crippen molar-refractivity contribution in [3.05, 3.63) is 53.6 Å². The average molecular weight is 338 g/mol. The van der Waals surface area contributed by atoms with Crippen LogP contribution in [-0.2, 0) is 22.4 Å². The fourth-order valence-corrected chi connectivity index (χ4v) is 2.93. The number of fused-ring (bicyclic) bond motifs is 1. The molecule has 0 aliphatic carbocycles. The topological polar surface area (TPSA) is 67.4 Å². The average Bonchev–Trinajstić information content (AvgIpc) is 2.80. The predicted octanol–water partition coefficient (Wildman–Crippen LogP) is 3.54. The van der Waals surface area contributed by atoms with E-state index in [9.17, 15) is 9.59 Å². The highest BCUT2D eigenvalue weighted by Crippen LogP contribution is 2.25. The Labute approximate surface area is 147 Å².